The van der Waals surface area contributed by atoms with Gasteiger partial charge in [0.05, 0.1) is 0 Å². The molecule has 0 aliphatic rings. The molecule has 1 heteroatoms. The summed E-state index contributed by atoms with van der Waals surface area (Å²) in [6.07, 6.45) is 8.17. The average Bonchev–Trinajstić information content (AvgIpc) is 2.24. The maximum absolute atomic E-state index is 3.37. The van der Waals surface area contributed by atoms with Crippen molar-refractivity contribution in [2.75, 3.05) is 13.1 Å². The summed E-state index contributed by atoms with van der Waals surface area (Å²) in [4.78, 5) is 0. The van der Waals surface area contributed by atoms with Gasteiger partial charge in [-0.3, -0.25) is 0 Å². The Hall–Kier alpha value is -0.740. The normalized spacial score (nSPS) is 11.0. The highest BCUT2D eigenvalue weighted by atomic mass is 14.8. The summed E-state index contributed by atoms with van der Waals surface area (Å²) in [5.74, 6) is 6.37. The largest absolute Gasteiger partial charge is 0.313 e. The molecule has 0 atom stereocenters. The quantitative estimate of drug-likeness (QED) is 0.497. The van der Waals surface area contributed by atoms with Crippen LogP contribution in [0.4, 0.5) is 0 Å². The van der Waals surface area contributed by atoms with E-state index in [0.717, 1.165) is 19.5 Å². The third-order valence-corrected chi connectivity index (χ3v) is 2.20. The topological polar surface area (TPSA) is 12.0 Å². The maximum Gasteiger partial charge on any atom is 0.0146 e. The second-order valence-corrected chi connectivity index (χ2v) is 3.85. The van der Waals surface area contributed by atoms with Crippen LogP contribution in [0.2, 0.25) is 0 Å². The molecule has 0 unspecified atom stereocenters. The van der Waals surface area contributed by atoms with Gasteiger partial charge in [0.15, 0.2) is 0 Å². The van der Waals surface area contributed by atoms with E-state index in [9.17, 15) is 0 Å². The number of allylic oxidation sites excluding steroid dienone is 1. The van der Waals surface area contributed by atoms with Crippen LogP contribution >= 0.6 is 0 Å². The predicted octanol–water partition coefficient (Wildman–Crippen LogP) is 3.52. The van der Waals surface area contributed by atoms with Crippen LogP contribution in [0.1, 0.15) is 52.9 Å². The van der Waals surface area contributed by atoms with Gasteiger partial charge in [-0.1, -0.05) is 44.6 Å². The fraction of sp³-hybridized carbons (Fsp3) is 0.714. The number of hydrogen-bond donors (Lipinski definition) is 1. The SMILES string of the molecule is CCCCC#C/C(C)=C\CNCCCC. The molecule has 0 fully saturated rings. The molecule has 0 radical (unpaired) electrons. The minimum Gasteiger partial charge on any atom is -0.313 e. The van der Waals surface area contributed by atoms with Crippen molar-refractivity contribution in [3.63, 3.8) is 0 Å². The lowest BCUT2D eigenvalue weighted by atomic mass is 10.2. The van der Waals surface area contributed by atoms with Crippen LogP contribution in [0.5, 0.6) is 0 Å². The molecular weight excluding hydrogens is 182 g/mol. The second-order valence-electron chi connectivity index (χ2n) is 3.85. The zero-order valence-corrected chi connectivity index (χ0v) is 10.5. The van der Waals surface area contributed by atoms with Gasteiger partial charge in [0.1, 0.15) is 0 Å². The Morgan fingerprint density at radius 3 is 2.60 bits per heavy atom. The number of hydrogen-bond acceptors (Lipinski definition) is 1. The summed E-state index contributed by atoms with van der Waals surface area (Å²) in [6.45, 7) is 8.56. The first kappa shape index (κ1) is 14.3. The molecule has 0 spiro atoms. The molecule has 1 nitrogen and oxygen atoms in total. The van der Waals surface area contributed by atoms with Gasteiger partial charge in [0.25, 0.3) is 0 Å². The highest BCUT2D eigenvalue weighted by molar-refractivity contribution is 5.26. The summed E-state index contributed by atoms with van der Waals surface area (Å²) >= 11 is 0. The van der Waals surface area contributed by atoms with Crippen molar-refractivity contribution in [2.45, 2.75) is 52.9 Å². The van der Waals surface area contributed by atoms with E-state index < -0.39 is 0 Å². The van der Waals surface area contributed by atoms with Crippen molar-refractivity contribution in [2.24, 2.45) is 0 Å². The Bertz CT molecular complexity index is 217. The molecular formula is C14H25N. The van der Waals surface area contributed by atoms with Crippen LogP contribution in [-0.4, -0.2) is 13.1 Å². The zero-order chi connectivity index (χ0) is 11.4. The molecule has 0 saturated carbocycles. The molecule has 0 bridgehead atoms. The van der Waals surface area contributed by atoms with Gasteiger partial charge in [-0.25, -0.2) is 0 Å². The molecule has 0 aliphatic carbocycles. The van der Waals surface area contributed by atoms with Gasteiger partial charge in [-0.05, 0) is 31.9 Å². The van der Waals surface area contributed by atoms with Gasteiger partial charge in [0, 0.05) is 13.0 Å². The first-order chi connectivity index (χ1) is 7.31. The summed E-state index contributed by atoms with van der Waals surface area (Å²) in [7, 11) is 0. The molecule has 15 heavy (non-hydrogen) atoms. The van der Waals surface area contributed by atoms with Gasteiger partial charge in [-0.15, -0.1) is 0 Å². The van der Waals surface area contributed by atoms with E-state index in [-0.39, 0.29) is 0 Å². The Morgan fingerprint density at radius 2 is 1.93 bits per heavy atom. The third-order valence-electron chi connectivity index (χ3n) is 2.20. The molecule has 0 aliphatic heterocycles. The predicted molar refractivity (Wildman–Crippen MR) is 68.8 cm³/mol. The average molecular weight is 207 g/mol. The van der Waals surface area contributed by atoms with Crippen LogP contribution in [0, 0.1) is 11.8 Å². The molecule has 0 saturated heterocycles. The second kappa shape index (κ2) is 11.3. The van der Waals surface area contributed by atoms with E-state index in [1.54, 1.807) is 0 Å². The zero-order valence-electron chi connectivity index (χ0n) is 10.5. The van der Waals surface area contributed by atoms with Crippen molar-refractivity contribution in [3.05, 3.63) is 11.6 Å². The van der Waals surface area contributed by atoms with E-state index in [0.29, 0.717) is 0 Å². The van der Waals surface area contributed by atoms with Crippen LogP contribution in [0.15, 0.2) is 11.6 Å². The fourth-order valence-corrected chi connectivity index (χ4v) is 1.15. The van der Waals surface area contributed by atoms with E-state index in [2.05, 4.69) is 44.0 Å². The van der Waals surface area contributed by atoms with Crippen molar-refractivity contribution >= 4 is 0 Å². The first-order valence-electron chi connectivity index (χ1n) is 6.17. The highest BCUT2D eigenvalue weighted by Crippen LogP contribution is 1.93. The molecule has 1 N–H and O–H groups in total. The summed E-state index contributed by atoms with van der Waals surface area (Å²) in [6, 6.07) is 0. The molecule has 0 aromatic rings. The molecule has 0 aromatic carbocycles. The van der Waals surface area contributed by atoms with Crippen LogP contribution in [-0.2, 0) is 0 Å². The summed E-state index contributed by atoms with van der Waals surface area (Å²) in [5.41, 5.74) is 1.19. The van der Waals surface area contributed by atoms with Crippen LogP contribution in [0.3, 0.4) is 0 Å². The van der Waals surface area contributed by atoms with Crippen molar-refractivity contribution in [1.29, 1.82) is 0 Å². The summed E-state index contributed by atoms with van der Waals surface area (Å²) < 4.78 is 0. The van der Waals surface area contributed by atoms with Crippen molar-refractivity contribution < 1.29 is 0 Å². The number of nitrogens with one attached hydrogen (secondary N) is 1. The smallest absolute Gasteiger partial charge is 0.0146 e. The lowest BCUT2D eigenvalue weighted by molar-refractivity contribution is 0.680. The molecule has 0 amide bonds. The van der Waals surface area contributed by atoms with Gasteiger partial charge < -0.3 is 5.32 Å². The lowest BCUT2D eigenvalue weighted by Gasteiger charge is -1.98. The molecule has 0 aromatic heterocycles. The first-order valence-corrected chi connectivity index (χ1v) is 6.17. The van der Waals surface area contributed by atoms with Crippen molar-refractivity contribution in [3.8, 4) is 11.8 Å². The molecule has 86 valence electrons. The van der Waals surface area contributed by atoms with Crippen molar-refractivity contribution in [1.82, 2.24) is 5.32 Å². The Morgan fingerprint density at radius 1 is 1.20 bits per heavy atom. The van der Waals surface area contributed by atoms with Crippen LogP contribution < -0.4 is 5.32 Å². The van der Waals surface area contributed by atoms with Crippen LogP contribution in [0.25, 0.3) is 0 Å². The van der Waals surface area contributed by atoms with E-state index in [1.807, 2.05) is 0 Å². The van der Waals surface area contributed by atoms with Gasteiger partial charge in [-0.2, -0.15) is 0 Å². The maximum atomic E-state index is 3.37. The standard InChI is InChI=1S/C14H25N/c1-4-6-8-9-10-14(3)11-13-15-12-7-5-2/h11,15H,4-8,12-13H2,1-3H3/b14-11-. The Balaban J connectivity index is 3.53. The Kier molecular flexibility index (Phi) is 10.8. The third kappa shape index (κ3) is 11.2. The summed E-state index contributed by atoms with van der Waals surface area (Å²) in [5, 5.41) is 3.37. The number of rotatable bonds is 7. The van der Waals surface area contributed by atoms with E-state index >= 15 is 0 Å². The van der Waals surface area contributed by atoms with E-state index in [4.69, 9.17) is 0 Å². The highest BCUT2D eigenvalue weighted by Gasteiger charge is 1.84. The lowest BCUT2D eigenvalue weighted by Crippen LogP contribution is -2.14. The van der Waals surface area contributed by atoms with E-state index in [1.165, 1.54) is 31.3 Å². The van der Waals surface area contributed by atoms with Gasteiger partial charge >= 0.3 is 0 Å². The number of unbranched alkanes of at least 4 members (excludes halogenated alkanes) is 3. The molecule has 0 rings (SSSR count). The minimum atomic E-state index is 0.953. The fourth-order valence-electron chi connectivity index (χ4n) is 1.15. The Labute approximate surface area is 95.3 Å². The van der Waals surface area contributed by atoms with Gasteiger partial charge in [0.2, 0.25) is 0 Å². The monoisotopic (exact) mass is 207 g/mol. The molecule has 0 heterocycles. The minimum absolute atomic E-state index is 0.953.